The van der Waals surface area contributed by atoms with Crippen LogP contribution in [0, 0.1) is 0 Å². The molecule has 0 saturated heterocycles. The highest BCUT2D eigenvalue weighted by atomic mass is 16.5. The summed E-state index contributed by atoms with van der Waals surface area (Å²) in [4.78, 5) is 11.7. The van der Waals surface area contributed by atoms with Crippen LogP contribution in [0.1, 0.15) is 38.8 Å². The predicted octanol–water partition coefficient (Wildman–Crippen LogP) is 4.35. The first-order valence-corrected chi connectivity index (χ1v) is 8.12. The Morgan fingerprint density at radius 1 is 0.920 bits per heavy atom. The van der Waals surface area contributed by atoms with E-state index in [1.54, 1.807) is 19.1 Å². The molecule has 2 aromatic carbocycles. The number of aromatic nitrogens is 2. The summed E-state index contributed by atoms with van der Waals surface area (Å²) < 4.78 is 18.0. The lowest BCUT2D eigenvalue weighted by atomic mass is 10.3. The van der Waals surface area contributed by atoms with Crippen LogP contribution in [0.15, 0.2) is 63.8 Å². The molecule has 3 aromatic rings. The van der Waals surface area contributed by atoms with Crippen molar-refractivity contribution in [3.63, 3.8) is 0 Å². The Labute approximate surface area is 145 Å². The fourth-order valence-electron chi connectivity index (χ4n) is 2.26. The van der Waals surface area contributed by atoms with Gasteiger partial charge in [0.2, 0.25) is 0 Å². The number of para-hydroxylation sites is 1. The molecule has 6 heteroatoms. The van der Waals surface area contributed by atoms with Crippen LogP contribution >= 0.6 is 0 Å². The number of hydrogen-bond acceptors (Lipinski definition) is 5. The van der Waals surface area contributed by atoms with Gasteiger partial charge in [-0.2, -0.15) is 4.68 Å². The summed E-state index contributed by atoms with van der Waals surface area (Å²) in [6.07, 6.45) is -0.478. The van der Waals surface area contributed by atoms with Crippen LogP contribution in [0.4, 0.5) is 0 Å². The van der Waals surface area contributed by atoms with E-state index in [0.29, 0.717) is 11.5 Å². The van der Waals surface area contributed by atoms with Crippen LogP contribution in [-0.4, -0.2) is 9.78 Å². The van der Waals surface area contributed by atoms with E-state index in [2.05, 4.69) is 5.10 Å². The fourth-order valence-corrected chi connectivity index (χ4v) is 2.26. The van der Waals surface area contributed by atoms with Crippen molar-refractivity contribution >= 4 is 0 Å². The molecule has 1 unspecified atom stereocenters. The first-order valence-electron chi connectivity index (χ1n) is 8.12. The van der Waals surface area contributed by atoms with Gasteiger partial charge in [0, 0.05) is 0 Å². The maximum Gasteiger partial charge on any atom is 0.437 e. The van der Waals surface area contributed by atoms with Gasteiger partial charge in [-0.05, 0) is 57.2 Å². The molecule has 0 bridgehead atoms. The van der Waals surface area contributed by atoms with Crippen LogP contribution in [-0.2, 0) is 0 Å². The smallest absolute Gasteiger partial charge is 0.437 e. The Balaban J connectivity index is 1.66. The van der Waals surface area contributed by atoms with Gasteiger partial charge >= 0.3 is 5.76 Å². The second-order valence-corrected chi connectivity index (χ2v) is 5.89. The van der Waals surface area contributed by atoms with Gasteiger partial charge in [-0.15, -0.1) is 5.10 Å². The van der Waals surface area contributed by atoms with E-state index in [9.17, 15) is 4.79 Å². The molecular weight excluding hydrogens is 320 g/mol. The SMILES string of the molecule is CC(Oc1ccc(Oc2ccccc2)cc1)c1nn(C(C)C)c(=O)o1. The summed E-state index contributed by atoms with van der Waals surface area (Å²) in [5.74, 6) is 1.89. The zero-order chi connectivity index (χ0) is 17.8. The lowest BCUT2D eigenvalue weighted by Crippen LogP contribution is -2.17. The zero-order valence-electron chi connectivity index (χ0n) is 14.4. The lowest BCUT2D eigenvalue weighted by molar-refractivity contribution is 0.186. The monoisotopic (exact) mass is 340 g/mol. The normalized spacial score (nSPS) is 12.2. The highest BCUT2D eigenvalue weighted by Gasteiger charge is 2.18. The summed E-state index contributed by atoms with van der Waals surface area (Å²) in [6.45, 7) is 5.51. The quantitative estimate of drug-likeness (QED) is 0.667. The van der Waals surface area contributed by atoms with Gasteiger partial charge in [-0.25, -0.2) is 4.79 Å². The third-order valence-corrected chi connectivity index (χ3v) is 3.54. The molecule has 130 valence electrons. The number of nitrogens with zero attached hydrogens (tertiary/aromatic N) is 2. The fraction of sp³-hybridized carbons (Fsp3) is 0.263. The average molecular weight is 340 g/mol. The highest BCUT2D eigenvalue weighted by molar-refractivity contribution is 5.35. The second-order valence-electron chi connectivity index (χ2n) is 5.89. The molecule has 3 rings (SSSR count). The third-order valence-electron chi connectivity index (χ3n) is 3.54. The van der Waals surface area contributed by atoms with Crippen molar-refractivity contribution in [1.82, 2.24) is 9.78 Å². The van der Waals surface area contributed by atoms with Gasteiger partial charge in [0.05, 0.1) is 6.04 Å². The summed E-state index contributed by atoms with van der Waals surface area (Å²) in [7, 11) is 0. The minimum atomic E-state index is -0.480. The molecule has 0 N–H and O–H groups in total. The first-order chi connectivity index (χ1) is 12.0. The highest BCUT2D eigenvalue weighted by Crippen LogP contribution is 2.26. The molecule has 6 nitrogen and oxygen atoms in total. The standard InChI is InChI=1S/C19H20N2O4/c1-13(2)21-19(22)25-18(20-21)14(3)23-16-9-11-17(12-10-16)24-15-7-5-4-6-8-15/h4-14H,1-3H3. The Hall–Kier alpha value is -3.02. The summed E-state index contributed by atoms with van der Waals surface area (Å²) >= 11 is 0. The number of rotatable bonds is 6. The van der Waals surface area contributed by atoms with Gasteiger partial charge in [-0.3, -0.25) is 0 Å². The largest absolute Gasteiger partial charge is 0.481 e. The Morgan fingerprint density at radius 2 is 1.52 bits per heavy atom. The van der Waals surface area contributed by atoms with E-state index in [4.69, 9.17) is 13.9 Å². The molecule has 0 saturated carbocycles. The second kappa shape index (κ2) is 7.25. The van der Waals surface area contributed by atoms with E-state index in [0.717, 1.165) is 5.75 Å². The van der Waals surface area contributed by atoms with Crippen molar-refractivity contribution < 1.29 is 13.9 Å². The van der Waals surface area contributed by atoms with Gasteiger partial charge < -0.3 is 13.9 Å². The van der Waals surface area contributed by atoms with Gasteiger partial charge in [0.1, 0.15) is 17.2 Å². The molecule has 0 aliphatic rings. The average Bonchev–Trinajstić information content (AvgIpc) is 3.00. The minimum Gasteiger partial charge on any atom is -0.481 e. The van der Waals surface area contributed by atoms with E-state index in [1.165, 1.54) is 4.68 Å². The number of benzene rings is 2. The molecule has 0 aliphatic carbocycles. The summed E-state index contributed by atoms with van der Waals surface area (Å²) in [5.41, 5.74) is 0. The third kappa shape index (κ3) is 4.09. The first kappa shape index (κ1) is 16.8. The van der Waals surface area contributed by atoms with Gasteiger partial charge in [0.25, 0.3) is 5.89 Å². The zero-order valence-corrected chi connectivity index (χ0v) is 14.4. The van der Waals surface area contributed by atoms with E-state index in [-0.39, 0.29) is 11.9 Å². The maximum atomic E-state index is 11.7. The molecule has 25 heavy (non-hydrogen) atoms. The van der Waals surface area contributed by atoms with Crippen molar-refractivity contribution in [2.75, 3.05) is 0 Å². The van der Waals surface area contributed by atoms with Crippen LogP contribution in [0.5, 0.6) is 17.2 Å². The Kier molecular flexibility index (Phi) is 4.88. The molecule has 1 aromatic heterocycles. The van der Waals surface area contributed by atoms with Crippen molar-refractivity contribution in [2.24, 2.45) is 0 Å². The predicted molar refractivity (Wildman–Crippen MR) is 93.1 cm³/mol. The molecule has 1 heterocycles. The van der Waals surface area contributed by atoms with Crippen molar-refractivity contribution in [3.05, 3.63) is 71.0 Å². The number of ether oxygens (including phenoxy) is 2. The van der Waals surface area contributed by atoms with Crippen LogP contribution < -0.4 is 15.2 Å². The Bertz CT molecular complexity index is 866. The Morgan fingerprint density at radius 3 is 2.12 bits per heavy atom. The molecule has 0 spiro atoms. The van der Waals surface area contributed by atoms with Gasteiger partial charge in [0.15, 0.2) is 6.10 Å². The molecule has 0 radical (unpaired) electrons. The van der Waals surface area contributed by atoms with Gasteiger partial charge in [-0.1, -0.05) is 18.2 Å². The van der Waals surface area contributed by atoms with E-state index in [1.807, 2.05) is 56.3 Å². The maximum absolute atomic E-state index is 11.7. The van der Waals surface area contributed by atoms with Crippen molar-refractivity contribution in [1.29, 1.82) is 0 Å². The van der Waals surface area contributed by atoms with Crippen LogP contribution in [0.3, 0.4) is 0 Å². The van der Waals surface area contributed by atoms with E-state index < -0.39 is 11.9 Å². The molecule has 0 aliphatic heterocycles. The van der Waals surface area contributed by atoms with E-state index >= 15 is 0 Å². The molecular formula is C19H20N2O4. The summed E-state index contributed by atoms with van der Waals surface area (Å²) in [6, 6.07) is 16.7. The van der Waals surface area contributed by atoms with Crippen LogP contribution in [0.25, 0.3) is 0 Å². The van der Waals surface area contributed by atoms with Crippen molar-refractivity contribution in [2.45, 2.75) is 32.9 Å². The summed E-state index contributed by atoms with van der Waals surface area (Å²) in [5, 5.41) is 4.17. The van der Waals surface area contributed by atoms with Crippen molar-refractivity contribution in [3.8, 4) is 17.2 Å². The molecule has 1 atom stereocenters. The van der Waals surface area contributed by atoms with Crippen LogP contribution in [0.2, 0.25) is 0 Å². The molecule has 0 amide bonds. The molecule has 0 fully saturated rings. The number of hydrogen-bond donors (Lipinski definition) is 0. The minimum absolute atomic E-state index is 0.0633. The topological polar surface area (TPSA) is 66.5 Å². The lowest BCUT2D eigenvalue weighted by Gasteiger charge is -2.12.